The number of piperidine rings is 1. The monoisotopic (exact) mass is 329 g/mol. The van der Waals surface area contributed by atoms with Crippen LogP contribution in [0.15, 0.2) is 12.1 Å². The molecule has 0 aromatic carbocycles. The van der Waals surface area contributed by atoms with Crippen molar-refractivity contribution in [1.29, 1.82) is 0 Å². The molecule has 2 rings (SSSR count). The van der Waals surface area contributed by atoms with Gasteiger partial charge < -0.3 is 10.2 Å². The smallest absolute Gasteiger partial charge is 0.272 e. The Labute approximate surface area is 133 Å². The highest BCUT2D eigenvalue weighted by Crippen LogP contribution is 2.17. The lowest BCUT2D eigenvalue weighted by atomic mass is 10.1. The zero-order valence-corrected chi connectivity index (χ0v) is 13.2. The van der Waals surface area contributed by atoms with Crippen molar-refractivity contribution in [1.82, 2.24) is 15.2 Å². The van der Waals surface area contributed by atoms with E-state index in [9.17, 15) is 9.59 Å². The Morgan fingerprint density at radius 2 is 1.90 bits per heavy atom. The SMILES string of the molecule is C[C@@H](NC(=O)c1nc(Cl)ccc1Cl)C(=O)N1CCCCC1. The predicted molar refractivity (Wildman–Crippen MR) is 81.6 cm³/mol. The van der Waals surface area contributed by atoms with E-state index in [1.807, 2.05) is 0 Å². The van der Waals surface area contributed by atoms with Gasteiger partial charge in [0.15, 0.2) is 0 Å². The van der Waals surface area contributed by atoms with Gasteiger partial charge in [0.25, 0.3) is 5.91 Å². The Kier molecular flexibility index (Phi) is 5.42. The molecule has 1 N–H and O–H groups in total. The van der Waals surface area contributed by atoms with Gasteiger partial charge in [-0.05, 0) is 38.3 Å². The number of amides is 2. The average molecular weight is 330 g/mol. The lowest BCUT2D eigenvalue weighted by Gasteiger charge is -2.29. The topological polar surface area (TPSA) is 62.3 Å². The number of pyridine rings is 1. The summed E-state index contributed by atoms with van der Waals surface area (Å²) in [5.74, 6) is -0.582. The van der Waals surface area contributed by atoms with Crippen molar-refractivity contribution in [2.75, 3.05) is 13.1 Å². The molecule has 0 aliphatic carbocycles. The minimum Gasteiger partial charge on any atom is -0.341 e. The molecule has 1 aromatic rings. The Morgan fingerprint density at radius 3 is 2.57 bits per heavy atom. The second kappa shape index (κ2) is 7.09. The molecule has 2 amide bonds. The Balaban J connectivity index is 2.01. The summed E-state index contributed by atoms with van der Waals surface area (Å²) in [5, 5.41) is 3.01. The molecule has 1 aliphatic rings. The van der Waals surface area contributed by atoms with Crippen LogP contribution < -0.4 is 5.32 Å². The molecule has 5 nitrogen and oxygen atoms in total. The van der Waals surface area contributed by atoms with Gasteiger partial charge >= 0.3 is 0 Å². The fourth-order valence-electron chi connectivity index (χ4n) is 2.29. The van der Waals surface area contributed by atoms with Gasteiger partial charge in [-0.15, -0.1) is 0 Å². The number of carbonyl (C=O) groups is 2. The second-order valence-electron chi connectivity index (χ2n) is 5.05. The number of rotatable bonds is 3. The average Bonchev–Trinajstić information content (AvgIpc) is 2.49. The third kappa shape index (κ3) is 4.08. The largest absolute Gasteiger partial charge is 0.341 e. The fourth-order valence-corrected chi connectivity index (χ4v) is 2.63. The Morgan fingerprint density at radius 1 is 1.24 bits per heavy atom. The number of hydrogen-bond donors (Lipinski definition) is 1. The van der Waals surface area contributed by atoms with Crippen LogP contribution in [0.4, 0.5) is 0 Å². The molecule has 0 saturated carbocycles. The standard InChI is InChI=1S/C14H17Cl2N3O2/c1-9(14(21)19-7-3-2-4-8-19)17-13(20)12-10(15)5-6-11(16)18-12/h5-6,9H,2-4,7-8H2,1H3,(H,17,20)/t9-/m1/s1. The molecule has 0 bridgehead atoms. The molecule has 114 valence electrons. The Bertz CT molecular complexity index is 545. The third-order valence-electron chi connectivity index (χ3n) is 3.41. The van der Waals surface area contributed by atoms with E-state index in [0.29, 0.717) is 0 Å². The highest BCUT2D eigenvalue weighted by atomic mass is 35.5. The van der Waals surface area contributed by atoms with Crippen molar-refractivity contribution < 1.29 is 9.59 Å². The van der Waals surface area contributed by atoms with E-state index < -0.39 is 11.9 Å². The van der Waals surface area contributed by atoms with Crippen molar-refractivity contribution in [2.45, 2.75) is 32.2 Å². The van der Waals surface area contributed by atoms with Gasteiger partial charge in [-0.25, -0.2) is 4.98 Å². The van der Waals surface area contributed by atoms with Gasteiger partial charge in [-0.2, -0.15) is 0 Å². The number of aromatic nitrogens is 1. The molecule has 0 radical (unpaired) electrons. The molecule has 1 fully saturated rings. The first-order valence-corrected chi connectivity index (χ1v) is 7.66. The van der Waals surface area contributed by atoms with Gasteiger partial charge in [-0.1, -0.05) is 23.2 Å². The lowest BCUT2D eigenvalue weighted by Crippen LogP contribution is -2.48. The summed E-state index contributed by atoms with van der Waals surface area (Å²) >= 11 is 11.7. The van der Waals surface area contributed by atoms with Crippen LogP contribution in [0.3, 0.4) is 0 Å². The van der Waals surface area contributed by atoms with Crippen molar-refractivity contribution in [3.63, 3.8) is 0 Å². The molecule has 2 heterocycles. The molecule has 1 aromatic heterocycles. The highest BCUT2D eigenvalue weighted by molar-refractivity contribution is 6.34. The normalized spacial score (nSPS) is 16.4. The van der Waals surface area contributed by atoms with E-state index in [-0.39, 0.29) is 21.8 Å². The maximum absolute atomic E-state index is 12.2. The zero-order chi connectivity index (χ0) is 15.4. The second-order valence-corrected chi connectivity index (χ2v) is 5.84. The van der Waals surface area contributed by atoms with Crippen molar-refractivity contribution in [2.24, 2.45) is 0 Å². The van der Waals surface area contributed by atoms with Crippen LogP contribution in [0.1, 0.15) is 36.7 Å². The van der Waals surface area contributed by atoms with E-state index in [1.54, 1.807) is 11.8 Å². The van der Waals surface area contributed by atoms with E-state index in [1.165, 1.54) is 12.1 Å². The van der Waals surface area contributed by atoms with Crippen LogP contribution in [0.5, 0.6) is 0 Å². The Hall–Kier alpha value is -1.33. The molecule has 1 saturated heterocycles. The van der Waals surface area contributed by atoms with Crippen LogP contribution in [0.25, 0.3) is 0 Å². The molecule has 0 spiro atoms. The fraction of sp³-hybridized carbons (Fsp3) is 0.500. The minimum atomic E-state index is -0.618. The first-order chi connectivity index (χ1) is 9.99. The molecule has 21 heavy (non-hydrogen) atoms. The molecule has 1 aliphatic heterocycles. The van der Waals surface area contributed by atoms with Crippen LogP contribution in [0.2, 0.25) is 10.2 Å². The third-order valence-corrected chi connectivity index (χ3v) is 3.93. The highest BCUT2D eigenvalue weighted by Gasteiger charge is 2.24. The maximum Gasteiger partial charge on any atom is 0.272 e. The summed E-state index contributed by atoms with van der Waals surface area (Å²) < 4.78 is 0. The number of nitrogens with zero attached hydrogens (tertiary/aromatic N) is 2. The number of nitrogens with one attached hydrogen (secondary N) is 1. The predicted octanol–water partition coefficient (Wildman–Crippen LogP) is 2.52. The number of hydrogen-bond acceptors (Lipinski definition) is 3. The van der Waals surface area contributed by atoms with Crippen LogP contribution >= 0.6 is 23.2 Å². The van der Waals surface area contributed by atoms with E-state index >= 15 is 0 Å². The lowest BCUT2D eigenvalue weighted by molar-refractivity contribution is -0.133. The van der Waals surface area contributed by atoms with Crippen molar-refractivity contribution in [3.8, 4) is 0 Å². The van der Waals surface area contributed by atoms with E-state index in [0.717, 1.165) is 32.4 Å². The quantitative estimate of drug-likeness (QED) is 0.866. The summed E-state index contributed by atoms with van der Waals surface area (Å²) in [6, 6.07) is 2.39. The van der Waals surface area contributed by atoms with Gasteiger partial charge in [0.05, 0.1) is 5.02 Å². The summed E-state index contributed by atoms with van der Waals surface area (Å²) in [7, 11) is 0. The maximum atomic E-state index is 12.2. The summed E-state index contributed by atoms with van der Waals surface area (Å²) in [4.78, 5) is 30.0. The zero-order valence-electron chi connectivity index (χ0n) is 11.7. The summed E-state index contributed by atoms with van der Waals surface area (Å²) in [6.45, 7) is 3.15. The van der Waals surface area contributed by atoms with Gasteiger partial charge in [-0.3, -0.25) is 9.59 Å². The summed E-state index contributed by atoms with van der Waals surface area (Å²) in [5.41, 5.74) is 0.0301. The van der Waals surface area contributed by atoms with Gasteiger partial charge in [0, 0.05) is 13.1 Å². The molecule has 7 heteroatoms. The first kappa shape index (κ1) is 16.0. The number of carbonyl (C=O) groups excluding carboxylic acids is 2. The number of halogens is 2. The van der Waals surface area contributed by atoms with Gasteiger partial charge in [0.2, 0.25) is 5.91 Å². The van der Waals surface area contributed by atoms with Crippen LogP contribution in [0, 0.1) is 0 Å². The van der Waals surface area contributed by atoms with Crippen molar-refractivity contribution >= 4 is 35.0 Å². The molecule has 1 atom stereocenters. The van der Waals surface area contributed by atoms with Crippen LogP contribution in [-0.4, -0.2) is 40.8 Å². The van der Waals surface area contributed by atoms with Gasteiger partial charge in [0.1, 0.15) is 16.9 Å². The first-order valence-electron chi connectivity index (χ1n) is 6.90. The molecular formula is C14H17Cl2N3O2. The number of likely N-dealkylation sites (tertiary alicyclic amines) is 1. The molecule has 0 unspecified atom stereocenters. The minimum absolute atomic E-state index is 0.0301. The van der Waals surface area contributed by atoms with Crippen molar-refractivity contribution in [3.05, 3.63) is 28.0 Å². The molecular weight excluding hydrogens is 313 g/mol. The van der Waals surface area contributed by atoms with Crippen LogP contribution in [-0.2, 0) is 4.79 Å². The van der Waals surface area contributed by atoms with E-state index in [2.05, 4.69) is 10.3 Å². The van der Waals surface area contributed by atoms with E-state index in [4.69, 9.17) is 23.2 Å². The summed E-state index contributed by atoms with van der Waals surface area (Å²) in [6.07, 6.45) is 3.16.